The van der Waals surface area contributed by atoms with Gasteiger partial charge in [0.15, 0.2) is 0 Å². The Morgan fingerprint density at radius 2 is 2.31 bits per heavy atom. The minimum absolute atomic E-state index is 0.0460. The Kier molecular flexibility index (Phi) is 3.14. The number of hydrogen-bond donors (Lipinski definition) is 2. The van der Waals surface area contributed by atoms with Crippen LogP contribution in [0.2, 0.25) is 0 Å². The number of nitrogens with zero attached hydrogens (tertiary/aromatic N) is 1. The highest BCUT2D eigenvalue weighted by molar-refractivity contribution is 5.75. The minimum Gasteiger partial charge on any atom is -0.338 e. The van der Waals surface area contributed by atoms with Crippen LogP contribution in [0.4, 0.5) is 4.79 Å². The molecule has 3 N–H and O–H groups in total. The maximum Gasteiger partial charge on any atom is 0.317 e. The monoisotopic (exact) mass is 185 g/mol. The summed E-state index contributed by atoms with van der Waals surface area (Å²) < 4.78 is 0. The molecule has 0 atom stereocenters. The van der Waals surface area contributed by atoms with E-state index in [1.165, 1.54) is 0 Å². The molecule has 4 nitrogen and oxygen atoms in total. The quantitative estimate of drug-likeness (QED) is 0.674. The summed E-state index contributed by atoms with van der Waals surface area (Å²) in [6, 6.07) is 0.0460. The average molecular weight is 185 g/mol. The van der Waals surface area contributed by atoms with Crippen LogP contribution in [-0.4, -0.2) is 36.1 Å². The Hall–Kier alpha value is -0.770. The van der Waals surface area contributed by atoms with Crippen LogP contribution in [-0.2, 0) is 0 Å². The van der Waals surface area contributed by atoms with Crippen molar-refractivity contribution in [3.05, 3.63) is 0 Å². The third-order valence-electron chi connectivity index (χ3n) is 2.57. The second-order valence-corrected chi connectivity index (χ2v) is 4.09. The maximum absolute atomic E-state index is 11.5. The summed E-state index contributed by atoms with van der Waals surface area (Å²) in [4.78, 5) is 13.4. The molecule has 1 aliphatic heterocycles. The van der Waals surface area contributed by atoms with E-state index in [2.05, 4.69) is 19.2 Å². The van der Waals surface area contributed by atoms with Crippen molar-refractivity contribution in [1.29, 1.82) is 0 Å². The molecule has 1 saturated heterocycles. The van der Waals surface area contributed by atoms with E-state index >= 15 is 0 Å². The predicted molar refractivity (Wildman–Crippen MR) is 52.5 cm³/mol. The van der Waals surface area contributed by atoms with Gasteiger partial charge in [-0.3, -0.25) is 0 Å². The van der Waals surface area contributed by atoms with Crippen molar-refractivity contribution in [1.82, 2.24) is 10.2 Å². The van der Waals surface area contributed by atoms with Gasteiger partial charge in [0.1, 0.15) is 0 Å². The van der Waals surface area contributed by atoms with Gasteiger partial charge in [0.2, 0.25) is 0 Å². The fourth-order valence-corrected chi connectivity index (χ4v) is 1.70. The molecule has 0 aromatic carbocycles. The summed E-state index contributed by atoms with van der Waals surface area (Å²) >= 11 is 0. The lowest BCUT2D eigenvalue weighted by Gasteiger charge is -2.40. The number of nitrogens with one attached hydrogen (secondary N) is 1. The van der Waals surface area contributed by atoms with E-state index in [9.17, 15) is 4.79 Å². The van der Waals surface area contributed by atoms with E-state index in [1.807, 2.05) is 4.90 Å². The second-order valence-electron chi connectivity index (χ2n) is 4.09. The lowest BCUT2D eigenvalue weighted by molar-refractivity contribution is 0.117. The molecule has 2 amide bonds. The van der Waals surface area contributed by atoms with Crippen molar-refractivity contribution in [2.24, 2.45) is 5.73 Å². The first-order chi connectivity index (χ1) is 6.08. The molecule has 0 bridgehead atoms. The van der Waals surface area contributed by atoms with E-state index in [0.717, 1.165) is 25.9 Å². The molecule has 0 aromatic heterocycles. The third-order valence-corrected chi connectivity index (χ3v) is 2.57. The maximum atomic E-state index is 11.5. The normalized spacial score (nSPS) is 18.7. The first-order valence-electron chi connectivity index (χ1n) is 4.83. The van der Waals surface area contributed by atoms with Crippen LogP contribution in [0.15, 0.2) is 0 Å². The fourth-order valence-electron chi connectivity index (χ4n) is 1.70. The molecule has 0 spiro atoms. The van der Waals surface area contributed by atoms with Gasteiger partial charge >= 0.3 is 6.03 Å². The number of carbonyl (C=O) groups is 1. The highest BCUT2D eigenvalue weighted by Crippen LogP contribution is 2.20. The van der Waals surface area contributed by atoms with Crippen LogP contribution in [0.1, 0.15) is 26.7 Å². The summed E-state index contributed by atoms with van der Waals surface area (Å²) in [6.45, 7) is 6.39. The second kappa shape index (κ2) is 3.96. The van der Waals surface area contributed by atoms with Gasteiger partial charge in [0.25, 0.3) is 0 Å². The van der Waals surface area contributed by atoms with E-state index < -0.39 is 0 Å². The average Bonchev–Trinajstić information content (AvgIpc) is 2.04. The minimum atomic E-state index is -0.112. The molecule has 1 rings (SSSR count). The number of urea groups is 1. The SMILES string of the molecule is CC(C)(CCN)N1CCCNC1=O. The van der Waals surface area contributed by atoms with Gasteiger partial charge in [-0.1, -0.05) is 0 Å². The van der Waals surface area contributed by atoms with Crippen LogP contribution in [0.25, 0.3) is 0 Å². The zero-order chi connectivity index (χ0) is 9.90. The summed E-state index contributed by atoms with van der Waals surface area (Å²) in [5, 5.41) is 2.84. The largest absolute Gasteiger partial charge is 0.338 e. The summed E-state index contributed by atoms with van der Waals surface area (Å²) in [5.74, 6) is 0. The first kappa shape index (κ1) is 10.3. The molecule has 4 heteroatoms. The molecule has 0 aromatic rings. The van der Waals surface area contributed by atoms with Gasteiger partial charge in [0, 0.05) is 18.6 Å². The zero-order valence-electron chi connectivity index (χ0n) is 8.47. The van der Waals surface area contributed by atoms with Gasteiger partial charge in [-0.25, -0.2) is 4.79 Å². The van der Waals surface area contributed by atoms with Crippen molar-refractivity contribution < 1.29 is 4.79 Å². The van der Waals surface area contributed by atoms with Crippen LogP contribution < -0.4 is 11.1 Å². The van der Waals surface area contributed by atoms with Crippen molar-refractivity contribution in [2.75, 3.05) is 19.6 Å². The van der Waals surface area contributed by atoms with E-state index in [0.29, 0.717) is 6.54 Å². The van der Waals surface area contributed by atoms with Gasteiger partial charge in [-0.05, 0) is 33.2 Å². The Balaban J connectivity index is 2.61. The Morgan fingerprint density at radius 1 is 1.62 bits per heavy atom. The van der Waals surface area contributed by atoms with E-state index in [-0.39, 0.29) is 11.6 Å². The number of carbonyl (C=O) groups excluding carboxylic acids is 1. The van der Waals surface area contributed by atoms with Crippen molar-refractivity contribution in [2.45, 2.75) is 32.2 Å². The zero-order valence-corrected chi connectivity index (χ0v) is 8.47. The highest BCUT2D eigenvalue weighted by Gasteiger charge is 2.31. The van der Waals surface area contributed by atoms with Crippen molar-refractivity contribution >= 4 is 6.03 Å². The predicted octanol–water partition coefficient (Wildman–Crippen LogP) is 0.529. The molecule has 1 fully saturated rings. The molecule has 0 unspecified atom stereocenters. The number of nitrogens with two attached hydrogens (primary N) is 1. The van der Waals surface area contributed by atoms with E-state index in [1.54, 1.807) is 0 Å². The number of rotatable bonds is 3. The molecule has 0 aliphatic carbocycles. The van der Waals surface area contributed by atoms with Gasteiger partial charge in [0.05, 0.1) is 0 Å². The lowest BCUT2D eigenvalue weighted by atomic mass is 9.97. The van der Waals surface area contributed by atoms with Crippen LogP contribution in [0.3, 0.4) is 0 Å². The molecule has 0 saturated carbocycles. The number of amides is 2. The molecule has 1 aliphatic rings. The summed E-state index contributed by atoms with van der Waals surface area (Å²) in [6.07, 6.45) is 1.88. The van der Waals surface area contributed by atoms with Crippen LogP contribution in [0, 0.1) is 0 Å². The number of hydrogen-bond acceptors (Lipinski definition) is 2. The summed E-state index contributed by atoms with van der Waals surface area (Å²) in [5.41, 5.74) is 5.40. The standard InChI is InChI=1S/C9H19N3O/c1-9(2,4-5-10)12-7-3-6-11-8(12)13/h3-7,10H2,1-2H3,(H,11,13). The Morgan fingerprint density at radius 3 is 2.85 bits per heavy atom. The topological polar surface area (TPSA) is 58.4 Å². The van der Waals surface area contributed by atoms with Crippen LogP contribution >= 0.6 is 0 Å². The van der Waals surface area contributed by atoms with Gasteiger partial charge in [-0.15, -0.1) is 0 Å². The first-order valence-corrected chi connectivity index (χ1v) is 4.83. The smallest absolute Gasteiger partial charge is 0.317 e. The molecule has 76 valence electrons. The molecule has 13 heavy (non-hydrogen) atoms. The Bertz CT molecular complexity index is 191. The van der Waals surface area contributed by atoms with Gasteiger partial charge < -0.3 is 16.0 Å². The molecule has 0 radical (unpaired) electrons. The van der Waals surface area contributed by atoms with E-state index in [4.69, 9.17) is 5.73 Å². The van der Waals surface area contributed by atoms with Crippen LogP contribution in [0.5, 0.6) is 0 Å². The lowest BCUT2D eigenvalue weighted by Crippen LogP contribution is -2.56. The van der Waals surface area contributed by atoms with Crippen molar-refractivity contribution in [3.63, 3.8) is 0 Å². The molecular formula is C9H19N3O. The Labute approximate surface area is 79.5 Å². The molecular weight excluding hydrogens is 166 g/mol. The summed E-state index contributed by atoms with van der Waals surface area (Å²) in [7, 11) is 0. The highest BCUT2D eigenvalue weighted by atomic mass is 16.2. The van der Waals surface area contributed by atoms with Gasteiger partial charge in [-0.2, -0.15) is 0 Å². The fraction of sp³-hybridized carbons (Fsp3) is 0.889. The third kappa shape index (κ3) is 2.34. The molecule has 1 heterocycles. The van der Waals surface area contributed by atoms with Crippen molar-refractivity contribution in [3.8, 4) is 0 Å².